The van der Waals surface area contributed by atoms with E-state index in [1.54, 1.807) is 13.1 Å². The summed E-state index contributed by atoms with van der Waals surface area (Å²) in [6, 6.07) is 4.16. The number of hydrogen-bond acceptors (Lipinski definition) is 3. The van der Waals surface area contributed by atoms with Crippen LogP contribution >= 0.6 is 0 Å². The Morgan fingerprint density at radius 1 is 1.12 bits per heavy atom. The van der Waals surface area contributed by atoms with Gasteiger partial charge in [0.1, 0.15) is 5.82 Å². The number of carbonyl (C=O) groups excluding carboxylic acids is 3. The SMILES string of the molecule is CNC(=O)CCCCCCNC(=O)c1c(C)[nH]c(/C=C2\C(=O)Nc3ccc(F)cc32)c1C. The standard InChI is InChI=1S/C24H29FN4O3/c1-14-20(13-18-17-12-16(25)9-10-19(17)29-23(18)31)28-15(2)22(14)24(32)27-11-7-5-4-6-8-21(30)26-3/h9-10,12-13,28H,4-8,11H2,1-3H3,(H,26,30)(H,27,32)(H,29,31)/b18-13-. The molecule has 0 fully saturated rings. The molecule has 170 valence electrons. The van der Waals surface area contributed by atoms with Crippen molar-refractivity contribution in [2.75, 3.05) is 18.9 Å². The van der Waals surface area contributed by atoms with Crippen LogP contribution in [0.5, 0.6) is 0 Å². The number of aromatic amines is 1. The topological polar surface area (TPSA) is 103 Å². The van der Waals surface area contributed by atoms with E-state index in [2.05, 4.69) is 20.9 Å². The molecular formula is C24H29FN4O3. The van der Waals surface area contributed by atoms with Gasteiger partial charge in [0, 0.05) is 42.7 Å². The number of unbranched alkanes of at least 4 members (excludes halogenated alkanes) is 3. The summed E-state index contributed by atoms with van der Waals surface area (Å²) in [7, 11) is 1.63. The van der Waals surface area contributed by atoms with E-state index in [1.807, 2.05) is 13.8 Å². The van der Waals surface area contributed by atoms with E-state index in [1.165, 1.54) is 18.2 Å². The number of carbonyl (C=O) groups is 3. The van der Waals surface area contributed by atoms with Crippen molar-refractivity contribution in [2.45, 2.75) is 46.0 Å². The van der Waals surface area contributed by atoms with Gasteiger partial charge in [-0.3, -0.25) is 14.4 Å². The molecule has 32 heavy (non-hydrogen) atoms. The van der Waals surface area contributed by atoms with Crippen molar-refractivity contribution in [1.29, 1.82) is 0 Å². The molecule has 8 heteroatoms. The van der Waals surface area contributed by atoms with Gasteiger partial charge in [0.2, 0.25) is 5.91 Å². The molecule has 1 aliphatic heterocycles. The molecule has 0 unspecified atom stereocenters. The molecule has 1 aromatic heterocycles. The number of halogens is 1. The van der Waals surface area contributed by atoms with E-state index >= 15 is 0 Å². The lowest BCUT2D eigenvalue weighted by Gasteiger charge is -2.06. The Kier molecular flexibility index (Phi) is 7.45. The Bertz CT molecular complexity index is 1070. The minimum Gasteiger partial charge on any atom is -0.359 e. The van der Waals surface area contributed by atoms with E-state index in [4.69, 9.17) is 0 Å². The first-order valence-electron chi connectivity index (χ1n) is 10.8. The van der Waals surface area contributed by atoms with Crippen LogP contribution in [-0.2, 0) is 9.59 Å². The van der Waals surface area contributed by atoms with E-state index in [-0.39, 0.29) is 17.7 Å². The Morgan fingerprint density at radius 2 is 1.88 bits per heavy atom. The molecule has 1 aliphatic rings. The van der Waals surface area contributed by atoms with Crippen molar-refractivity contribution in [2.24, 2.45) is 0 Å². The zero-order valence-electron chi connectivity index (χ0n) is 18.7. The minimum absolute atomic E-state index is 0.0474. The maximum atomic E-state index is 13.7. The molecule has 4 N–H and O–H groups in total. The summed E-state index contributed by atoms with van der Waals surface area (Å²) in [6.45, 7) is 4.18. The second-order valence-corrected chi connectivity index (χ2v) is 7.96. The summed E-state index contributed by atoms with van der Waals surface area (Å²) >= 11 is 0. The van der Waals surface area contributed by atoms with Crippen LogP contribution in [0.15, 0.2) is 18.2 Å². The summed E-state index contributed by atoms with van der Waals surface area (Å²) in [5.74, 6) is -0.848. The highest BCUT2D eigenvalue weighted by molar-refractivity contribution is 6.34. The van der Waals surface area contributed by atoms with Gasteiger partial charge in [-0.15, -0.1) is 0 Å². The van der Waals surface area contributed by atoms with Gasteiger partial charge in [0.05, 0.1) is 11.1 Å². The smallest absolute Gasteiger partial charge is 0.256 e. The van der Waals surface area contributed by atoms with Crippen LogP contribution in [0.25, 0.3) is 11.6 Å². The number of hydrogen-bond donors (Lipinski definition) is 4. The van der Waals surface area contributed by atoms with Crippen molar-refractivity contribution in [3.05, 3.63) is 52.1 Å². The second-order valence-electron chi connectivity index (χ2n) is 7.96. The lowest BCUT2D eigenvalue weighted by molar-refractivity contribution is -0.120. The zero-order valence-corrected chi connectivity index (χ0v) is 18.7. The molecule has 2 heterocycles. The maximum absolute atomic E-state index is 13.7. The van der Waals surface area contributed by atoms with Crippen LogP contribution in [-0.4, -0.2) is 36.3 Å². The molecule has 0 radical (unpaired) electrons. The Morgan fingerprint density at radius 3 is 2.62 bits per heavy atom. The number of nitrogens with one attached hydrogen (secondary N) is 4. The minimum atomic E-state index is -0.417. The van der Waals surface area contributed by atoms with Gasteiger partial charge < -0.3 is 20.9 Å². The fraction of sp³-hybridized carbons (Fsp3) is 0.375. The van der Waals surface area contributed by atoms with Gasteiger partial charge >= 0.3 is 0 Å². The summed E-state index contributed by atoms with van der Waals surface area (Å²) in [4.78, 5) is 39.5. The van der Waals surface area contributed by atoms with Crippen molar-refractivity contribution < 1.29 is 18.8 Å². The van der Waals surface area contributed by atoms with E-state index in [0.717, 1.165) is 31.2 Å². The van der Waals surface area contributed by atoms with Crippen molar-refractivity contribution in [1.82, 2.24) is 15.6 Å². The number of benzene rings is 1. The lowest BCUT2D eigenvalue weighted by Crippen LogP contribution is -2.25. The number of H-pyrrole nitrogens is 1. The predicted octanol–water partition coefficient (Wildman–Crippen LogP) is 3.69. The first-order chi connectivity index (χ1) is 15.3. The molecule has 0 saturated carbocycles. The molecule has 0 saturated heterocycles. The van der Waals surface area contributed by atoms with Gasteiger partial charge in [0.15, 0.2) is 0 Å². The Labute approximate surface area is 186 Å². The molecule has 2 aromatic rings. The fourth-order valence-electron chi connectivity index (χ4n) is 3.89. The highest BCUT2D eigenvalue weighted by Gasteiger charge is 2.26. The third-order valence-corrected chi connectivity index (χ3v) is 5.65. The molecule has 0 bridgehead atoms. The van der Waals surface area contributed by atoms with Crippen LogP contribution in [0, 0.1) is 19.7 Å². The Balaban J connectivity index is 1.62. The molecule has 3 rings (SSSR count). The average molecular weight is 441 g/mol. The average Bonchev–Trinajstić information content (AvgIpc) is 3.22. The summed E-state index contributed by atoms with van der Waals surface area (Å²) < 4.78 is 13.7. The lowest BCUT2D eigenvalue weighted by atomic mass is 10.0. The monoisotopic (exact) mass is 440 g/mol. The summed E-state index contributed by atoms with van der Waals surface area (Å²) in [5.41, 5.74) is 4.05. The first-order valence-corrected chi connectivity index (χ1v) is 10.8. The van der Waals surface area contributed by atoms with Crippen molar-refractivity contribution >= 4 is 35.1 Å². The van der Waals surface area contributed by atoms with E-state index < -0.39 is 5.82 Å². The van der Waals surface area contributed by atoms with E-state index in [9.17, 15) is 18.8 Å². The molecule has 3 amide bonds. The largest absolute Gasteiger partial charge is 0.359 e. The molecule has 1 aromatic carbocycles. The van der Waals surface area contributed by atoms with Gasteiger partial charge in [-0.1, -0.05) is 12.8 Å². The molecular weight excluding hydrogens is 411 g/mol. The third-order valence-electron chi connectivity index (χ3n) is 5.65. The van der Waals surface area contributed by atoms with Crippen LogP contribution in [0.1, 0.15) is 65.0 Å². The molecule has 0 atom stereocenters. The fourth-order valence-corrected chi connectivity index (χ4v) is 3.89. The second kappa shape index (κ2) is 10.3. The normalized spacial score (nSPS) is 13.8. The summed E-state index contributed by atoms with van der Waals surface area (Å²) in [6.07, 6.45) is 5.73. The maximum Gasteiger partial charge on any atom is 0.256 e. The number of rotatable bonds is 9. The van der Waals surface area contributed by atoms with Gasteiger partial charge in [0.25, 0.3) is 11.8 Å². The number of fused-ring (bicyclic) bond motifs is 1. The van der Waals surface area contributed by atoms with Crippen molar-refractivity contribution in [3.63, 3.8) is 0 Å². The van der Waals surface area contributed by atoms with Crippen LogP contribution in [0.2, 0.25) is 0 Å². The number of amides is 3. The number of aromatic nitrogens is 1. The van der Waals surface area contributed by atoms with Gasteiger partial charge in [-0.05, 0) is 56.5 Å². The number of aryl methyl sites for hydroxylation is 1. The molecule has 0 spiro atoms. The van der Waals surface area contributed by atoms with Crippen LogP contribution < -0.4 is 16.0 Å². The Hall–Kier alpha value is -3.42. The van der Waals surface area contributed by atoms with Crippen molar-refractivity contribution in [3.8, 4) is 0 Å². The predicted molar refractivity (Wildman–Crippen MR) is 123 cm³/mol. The molecule has 7 nitrogen and oxygen atoms in total. The quantitative estimate of drug-likeness (QED) is 0.353. The summed E-state index contributed by atoms with van der Waals surface area (Å²) in [5, 5.41) is 8.27. The molecule has 0 aliphatic carbocycles. The zero-order chi connectivity index (χ0) is 23.3. The number of anilines is 1. The van der Waals surface area contributed by atoms with Crippen LogP contribution in [0.3, 0.4) is 0 Å². The highest BCUT2D eigenvalue weighted by atomic mass is 19.1. The van der Waals surface area contributed by atoms with Gasteiger partial charge in [-0.25, -0.2) is 4.39 Å². The first kappa shape index (κ1) is 23.2. The van der Waals surface area contributed by atoms with Crippen LogP contribution in [0.4, 0.5) is 10.1 Å². The van der Waals surface area contributed by atoms with E-state index in [0.29, 0.717) is 46.7 Å². The van der Waals surface area contributed by atoms with Gasteiger partial charge in [-0.2, -0.15) is 0 Å². The third kappa shape index (κ3) is 5.25. The highest BCUT2D eigenvalue weighted by Crippen LogP contribution is 2.34.